The molecule has 2 heteroatoms. The SMILES string of the molecule is CCCCCCCCC(CCCCCC)CNCCO. The van der Waals surface area contributed by atoms with Crippen molar-refractivity contribution in [1.82, 2.24) is 5.32 Å². The molecule has 0 spiro atoms. The van der Waals surface area contributed by atoms with Crippen LogP contribution in [0.1, 0.15) is 90.9 Å². The van der Waals surface area contributed by atoms with Crippen molar-refractivity contribution in [2.75, 3.05) is 19.7 Å². The van der Waals surface area contributed by atoms with Crippen LogP contribution >= 0.6 is 0 Å². The lowest BCUT2D eigenvalue weighted by atomic mass is 9.94. The molecule has 0 rings (SSSR count). The fourth-order valence-electron chi connectivity index (χ4n) is 2.81. The average Bonchev–Trinajstić information content (AvgIpc) is 2.46. The summed E-state index contributed by atoms with van der Waals surface area (Å²) >= 11 is 0. The van der Waals surface area contributed by atoms with Crippen molar-refractivity contribution in [3.63, 3.8) is 0 Å². The normalized spacial score (nSPS) is 12.8. The molecule has 0 radical (unpaired) electrons. The van der Waals surface area contributed by atoms with Gasteiger partial charge in [0.15, 0.2) is 0 Å². The van der Waals surface area contributed by atoms with Gasteiger partial charge in [-0.05, 0) is 25.3 Å². The molecule has 0 saturated carbocycles. The summed E-state index contributed by atoms with van der Waals surface area (Å²) in [6, 6.07) is 0. The van der Waals surface area contributed by atoms with Crippen molar-refractivity contribution in [2.45, 2.75) is 90.9 Å². The Kier molecular flexibility index (Phi) is 16.9. The van der Waals surface area contributed by atoms with Gasteiger partial charge in [-0.3, -0.25) is 0 Å². The second-order valence-electron chi connectivity index (χ2n) is 6.20. The summed E-state index contributed by atoms with van der Waals surface area (Å²) in [5, 5.41) is 12.2. The molecule has 0 aliphatic heterocycles. The van der Waals surface area contributed by atoms with Crippen LogP contribution in [0.2, 0.25) is 0 Å². The van der Waals surface area contributed by atoms with Crippen molar-refractivity contribution in [2.24, 2.45) is 5.92 Å². The first-order chi connectivity index (χ1) is 9.85. The highest BCUT2D eigenvalue weighted by atomic mass is 16.3. The lowest BCUT2D eigenvalue weighted by Crippen LogP contribution is -2.25. The molecule has 0 aromatic rings. The third-order valence-electron chi connectivity index (χ3n) is 4.15. The van der Waals surface area contributed by atoms with Crippen molar-refractivity contribution >= 4 is 0 Å². The van der Waals surface area contributed by atoms with Gasteiger partial charge in [0.25, 0.3) is 0 Å². The predicted octanol–water partition coefficient (Wildman–Crippen LogP) is 4.91. The summed E-state index contributed by atoms with van der Waals surface area (Å²) in [7, 11) is 0. The first-order valence-electron chi connectivity index (χ1n) is 9.16. The fraction of sp³-hybridized carbons (Fsp3) is 1.00. The van der Waals surface area contributed by atoms with E-state index >= 15 is 0 Å². The standard InChI is InChI=1S/C18H39NO/c1-3-5-7-9-10-12-14-18(17-19-15-16-20)13-11-8-6-4-2/h18-20H,3-17H2,1-2H3. The lowest BCUT2D eigenvalue weighted by Gasteiger charge is -2.17. The van der Waals surface area contributed by atoms with Gasteiger partial charge in [-0.1, -0.05) is 78.1 Å². The van der Waals surface area contributed by atoms with Gasteiger partial charge in [0.05, 0.1) is 6.61 Å². The van der Waals surface area contributed by atoms with E-state index in [-0.39, 0.29) is 6.61 Å². The molecular weight excluding hydrogens is 246 g/mol. The van der Waals surface area contributed by atoms with Gasteiger partial charge in [-0.25, -0.2) is 0 Å². The minimum Gasteiger partial charge on any atom is -0.395 e. The van der Waals surface area contributed by atoms with Crippen LogP contribution in [0.15, 0.2) is 0 Å². The third kappa shape index (κ3) is 14.3. The van der Waals surface area contributed by atoms with Gasteiger partial charge in [0.2, 0.25) is 0 Å². The Morgan fingerprint density at radius 3 is 1.80 bits per heavy atom. The van der Waals surface area contributed by atoms with E-state index in [0.29, 0.717) is 0 Å². The first-order valence-corrected chi connectivity index (χ1v) is 9.16. The van der Waals surface area contributed by atoms with Crippen molar-refractivity contribution in [3.8, 4) is 0 Å². The second kappa shape index (κ2) is 17.0. The van der Waals surface area contributed by atoms with Gasteiger partial charge in [0.1, 0.15) is 0 Å². The molecule has 0 aliphatic carbocycles. The maximum atomic E-state index is 8.86. The van der Waals surface area contributed by atoms with Crippen LogP contribution in [0.4, 0.5) is 0 Å². The largest absolute Gasteiger partial charge is 0.395 e. The monoisotopic (exact) mass is 285 g/mol. The molecule has 0 aromatic heterocycles. The molecule has 122 valence electrons. The summed E-state index contributed by atoms with van der Waals surface area (Å²) in [4.78, 5) is 0. The molecule has 1 atom stereocenters. The van der Waals surface area contributed by atoms with Gasteiger partial charge in [0, 0.05) is 6.54 Å². The van der Waals surface area contributed by atoms with E-state index in [0.717, 1.165) is 19.0 Å². The minimum atomic E-state index is 0.263. The van der Waals surface area contributed by atoms with Crippen LogP contribution in [0.25, 0.3) is 0 Å². The van der Waals surface area contributed by atoms with Crippen LogP contribution in [-0.4, -0.2) is 24.8 Å². The van der Waals surface area contributed by atoms with Gasteiger partial charge in [-0.2, -0.15) is 0 Å². The maximum absolute atomic E-state index is 8.86. The van der Waals surface area contributed by atoms with E-state index in [1.165, 1.54) is 77.0 Å². The van der Waals surface area contributed by atoms with Crippen LogP contribution < -0.4 is 5.32 Å². The predicted molar refractivity (Wildman–Crippen MR) is 90.2 cm³/mol. The summed E-state index contributed by atoms with van der Waals surface area (Å²) < 4.78 is 0. The molecule has 2 N–H and O–H groups in total. The smallest absolute Gasteiger partial charge is 0.0555 e. The molecular formula is C18H39NO. The summed E-state index contributed by atoms with van der Waals surface area (Å²) in [6.07, 6.45) is 16.6. The Hall–Kier alpha value is -0.0800. The zero-order valence-electron chi connectivity index (χ0n) is 14.1. The molecule has 2 nitrogen and oxygen atoms in total. The maximum Gasteiger partial charge on any atom is 0.0555 e. The highest BCUT2D eigenvalue weighted by Gasteiger charge is 2.08. The van der Waals surface area contributed by atoms with Crippen LogP contribution in [-0.2, 0) is 0 Å². The zero-order chi connectivity index (χ0) is 14.9. The van der Waals surface area contributed by atoms with Crippen molar-refractivity contribution in [3.05, 3.63) is 0 Å². The van der Waals surface area contributed by atoms with Gasteiger partial charge in [-0.15, -0.1) is 0 Å². The number of nitrogens with one attached hydrogen (secondary N) is 1. The molecule has 0 heterocycles. The molecule has 20 heavy (non-hydrogen) atoms. The van der Waals surface area contributed by atoms with E-state index in [2.05, 4.69) is 19.2 Å². The first kappa shape index (κ1) is 19.9. The summed E-state index contributed by atoms with van der Waals surface area (Å²) in [5.41, 5.74) is 0. The molecule has 0 aliphatic rings. The molecule has 1 unspecified atom stereocenters. The van der Waals surface area contributed by atoms with Crippen molar-refractivity contribution in [1.29, 1.82) is 0 Å². The second-order valence-corrected chi connectivity index (χ2v) is 6.20. The van der Waals surface area contributed by atoms with E-state index in [1.54, 1.807) is 0 Å². The summed E-state index contributed by atoms with van der Waals surface area (Å²) in [6.45, 7) is 6.67. The molecule has 0 saturated heterocycles. The fourth-order valence-corrected chi connectivity index (χ4v) is 2.81. The Balaban J connectivity index is 3.62. The zero-order valence-corrected chi connectivity index (χ0v) is 14.1. The van der Waals surface area contributed by atoms with E-state index in [9.17, 15) is 0 Å². The number of unbranched alkanes of at least 4 members (excludes halogenated alkanes) is 8. The van der Waals surface area contributed by atoms with Gasteiger partial charge < -0.3 is 10.4 Å². The number of aliphatic hydroxyl groups excluding tert-OH is 1. The third-order valence-corrected chi connectivity index (χ3v) is 4.15. The molecule has 0 aromatic carbocycles. The number of rotatable bonds is 16. The van der Waals surface area contributed by atoms with Crippen LogP contribution in [0, 0.1) is 5.92 Å². The summed E-state index contributed by atoms with van der Waals surface area (Å²) in [5.74, 6) is 0.824. The Morgan fingerprint density at radius 2 is 1.25 bits per heavy atom. The molecule has 0 fully saturated rings. The molecule has 0 amide bonds. The van der Waals surface area contributed by atoms with E-state index in [1.807, 2.05) is 0 Å². The molecule has 0 bridgehead atoms. The van der Waals surface area contributed by atoms with Crippen molar-refractivity contribution < 1.29 is 5.11 Å². The Labute approximate surface area is 127 Å². The van der Waals surface area contributed by atoms with Crippen LogP contribution in [0.5, 0.6) is 0 Å². The lowest BCUT2D eigenvalue weighted by molar-refractivity contribution is 0.283. The highest BCUT2D eigenvalue weighted by molar-refractivity contribution is 4.64. The van der Waals surface area contributed by atoms with E-state index < -0.39 is 0 Å². The number of hydrogen-bond acceptors (Lipinski definition) is 2. The topological polar surface area (TPSA) is 32.3 Å². The Bertz CT molecular complexity index is 173. The van der Waals surface area contributed by atoms with E-state index in [4.69, 9.17) is 5.11 Å². The van der Waals surface area contributed by atoms with Crippen LogP contribution in [0.3, 0.4) is 0 Å². The highest BCUT2D eigenvalue weighted by Crippen LogP contribution is 2.18. The minimum absolute atomic E-state index is 0.263. The number of aliphatic hydroxyl groups is 1. The Morgan fingerprint density at radius 1 is 0.750 bits per heavy atom. The van der Waals surface area contributed by atoms with Gasteiger partial charge >= 0.3 is 0 Å². The number of hydrogen-bond donors (Lipinski definition) is 2. The quantitative estimate of drug-likeness (QED) is 0.395. The average molecular weight is 286 g/mol.